The summed E-state index contributed by atoms with van der Waals surface area (Å²) >= 11 is 1.53. The molecule has 2 heterocycles. The van der Waals surface area contributed by atoms with E-state index < -0.39 is 6.23 Å². The van der Waals surface area contributed by atoms with Crippen LogP contribution in [-0.4, -0.2) is 33.4 Å². The Morgan fingerprint density at radius 3 is 2.64 bits per heavy atom. The van der Waals surface area contributed by atoms with E-state index in [1.807, 2.05) is 60.7 Å². The van der Waals surface area contributed by atoms with Crippen LogP contribution in [0.5, 0.6) is 11.6 Å². The van der Waals surface area contributed by atoms with Crippen LogP contribution in [0, 0.1) is 0 Å². The van der Waals surface area contributed by atoms with Gasteiger partial charge >= 0.3 is 0 Å². The minimum Gasteiger partial charge on any atom is -0.493 e. The summed E-state index contributed by atoms with van der Waals surface area (Å²) in [6.45, 7) is 6.26. The molecule has 36 heavy (non-hydrogen) atoms. The number of benzene rings is 3. The zero-order valence-electron chi connectivity index (χ0n) is 20.6. The largest absolute Gasteiger partial charge is 0.493 e. The molecular weight excluding hydrogens is 472 g/mol. The second-order valence-electron chi connectivity index (χ2n) is 8.52. The first-order valence-corrected chi connectivity index (χ1v) is 13.2. The molecule has 0 aliphatic carbocycles. The second-order valence-corrected chi connectivity index (χ2v) is 9.58. The predicted octanol–water partition coefficient (Wildman–Crippen LogP) is 6.43. The number of nitrogens with zero attached hydrogens (tertiary/aromatic N) is 4. The number of hydrogen-bond acceptors (Lipinski definition) is 7. The Hall–Kier alpha value is -3.65. The average molecular weight is 501 g/mol. The fourth-order valence-electron chi connectivity index (χ4n) is 4.36. The lowest BCUT2D eigenvalue weighted by Crippen LogP contribution is -2.36. The normalized spacial score (nSPS) is 14.5. The van der Waals surface area contributed by atoms with Gasteiger partial charge in [0, 0.05) is 18.2 Å². The van der Waals surface area contributed by atoms with Crippen LogP contribution in [-0.2, 0) is 4.79 Å². The summed E-state index contributed by atoms with van der Waals surface area (Å²) < 4.78 is 12.8. The molecule has 0 saturated heterocycles. The first kappa shape index (κ1) is 24.1. The lowest BCUT2D eigenvalue weighted by atomic mass is 10.0. The first-order chi connectivity index (χ1) is 17.6. The summed E-state index contributed by atoms with van der Waals surface area (Å²) in [5.74, 6) is 1.73. The molecule has 0 fully saturated rings. The first-order valence-electron chi connectivity index (χ1n) is 12.2. The van der Waals surface area contributed by atoms with Crippen molar-refractivity contribution in [2.45, 2.75) is 45.0 Å². The molecule has 5 rings (SSSR count). The monoisotopic (exact) mass is 500 g/mol. The van der Waals surface area contributed by atoms with Crippen LogP contribution >= 0.6 is 11.8 Å². The summed E-state index contributed by atoms with van der Waals surface area (Å²) in [5.41, 5.74) is 2.72. The quantitative estimate of drug-likeness (QED) is 0.271. The molecule has 1 atom stereocenters. The molecule has 1 aliphatic rings. The minimum atomic E-state index is -0.816. The van der Waals surface area contributed by atoms with Crippen LogP contribution in [0.3, 0.4) is 0 Å². The number of carbonyl (C=O) groups is 1. The van der Waals surface area contributed by atoms with E-state index in [0.717, 1.165) is 40.5 Å². The third kappa shape index (κ3) is 4.48. The van der Waals surface area contributed by atoms with E-state index in [2.05, 4.69) is 24.0 Å². The minimum absolute atomic E-state index is 0.164. The second kappa shape index (κ2) is 10.5. The number of rotatable bonds is 7. The molecule has 0 unspecified atom stereocenters. The van der Waals surface area contributed by atoms with E-state index in [-0.39, 0.29) is 5.91 Å². The number of hydrogen-bond donors (Lipinski definition) is 0. The fourth-order valence-corrected chi connectivity index (χ4v) is 5.00. The molecule has 4 aromatic rings. The average Bonchev–Trinajstić information content (AvgIpc) is 3.04. The zero-order chi connectivity index (χ0) is 25.1. The maximum absolute atomic E-state index is 13.3. The highest BCUT2D eigenvalue weighted by Crippen LogP contribution is 2.46. The van der Waals surface area contributed by atoms with Crippen LogP contribution in [0.15, 0.2) is 65.8 Å². The molecule has 8 heteroatoms. The number of ether oxygens (including phenoxy) is 2. The van der Waals surface area contributed by atoms with Crippen molar-refractivity contribution in [2.75, 3.05) is 17.3 Å². The Morgan fingerprint density at radius 2 is 1.83 bits per heavy atom. The molecule has 0 bridgehead atoms. The molecule has 0 radical (unpaired) electrons. The van der Waals surface area contributed by atoms with Crippen molar-refractivity contribution in [1.82, 2.24) is 15.2 Å². The highest BCUT2D eigenvalue weighted by molar-refractivity contribution is 7.99. The molecule has 0 saturated carbocycles. The smallest absolute Gasteiger partial charge is 0.247 e. The number of aromatic nitrogens is 3. The predicted molar refractivity (Wildman–Crippen MR) is 143 cm³/mol. The van der Waals surface area contributed by atoms with Gasteiger partial charge in [-0.3, -0.25) is 9.69 Å². The number of carbonyl (C=O) groups excluding carboxylic acids is 1. The highest BCUT2D eigenvalue weighted by atomic mass is 32.2. The van der Waals surface area contributed by atoms with Gasteiger partial charge in [-0.1, -0.05) is 74.1 Å². The number of thioether (sulfide) groups is 1. The van der Waals surface area contributed by atoms with Crippen LogP contribution < -0.4 is 14.4 Å². The van der Waals surface area contributed by atoms with Gasteiger partial charge in [0.2, 0.25) is 23.2 Å². The zero-order valence-corrected chi connectivity index (χ0v) is 21.4. The summed E-state index contributed by atoms with van der Waals surface area (Å²) in [6.07, 6.45) is 1.03. The molecule has 0 spiro atoms. The van der Waals surface area contributed by atoms with Crippen molar-refractivity contribution >= 4 is 34.1 Å². The van der Waals surface area contributed by atoms with Crippen molar-refractivity contribution in [3.63, 3.8) is 0 Å². The Bertz CT molecular complexity index is 1410. The number of para-hydroxylation sites is 1. The van der Waals surface area contributed by atoms with E-state index in [9.17, 15) is 4.79 Å². The van der Waals surface area contributed by atoms with Crippen molar-refractivity contribution in [1.29, 1.82) is 0 Å². The Balaban J connectivity index is 1.77. The van der Waals surface area contributed by atoms with Gasteiger partial charge in [0.1, 0.15) is 5.75 Å². The van der Waals surface area contributed by atoms with Gasteiger partial charge in [-0.2, -0.15) is 4.98 Å². The SMILES string of the molecule is CCCOc1ccc2ccccc2c1[C@@H]1Oc2nc(SCCC)nnc2-c2ccccc2N1C(C)=O. The topological polar surface area (TPSA) is 77.4 Å². The van der Waals surface area contributed by atoms with E-state index in [4.69, 9.17) is 14.5 Å². The molecular formula is C28H28N4O3S. The Morgan fingerprint density at radius 1 is 1.03 bits per heavy atom. The standard InChI is InChI=1S/C28H28N4O3S/c1-4-16-34-23-15-14-19-10-6-7-11-20(19)24(23)27-32(18(3)33)22-13-9-8-12-21(22)25-26(35-27)29-28(31-30-25)36-17-5-2/h6-15,27H,4-5,16-17H2,1-3H3/t27-/m0/s1. The summed E-state index contributed by atoms with van der Waals surface area (Å²) in [6, 6.07) is 19.7. The molecule has 1 aliphatic heterocycles. The van der Waals surface area contributed by atoms with Crippen LogP contribution in [0.25, 0.3) is 22.0 Å². The van der Waals surface area contributed by atoms with Crippen molar-refractivity contribution in [3.8, 4) is 22.9 Å². The van der Waals surface area contributed by atoms with Crippen molar-refractivity contribution in [3.05, 3.63) is 66.2 Å². The van der Waals surface area contributed by atoms with Gasteiger partial charge < -0.3 is 9.47 Å². The maximum Gasteiger partial charge on any atom is 0.247 e. The van der Waals surface area contributed by atoms with Gasteiger partial charge in [-0.15, -0.1) is 10.2 Å². The third-order valence-corrected chi connectivity index (χ3v) is 6.97. The van der Waals surface area contributed by atoms with Gasteiger partial charge in [-0.25, -0.2) is 0 Å². The van der Waals surface area contributed by atoms with Gasteiger partial charge in [-0.05, 0) is 35.7 Å². The van der Waals surface area contributed by atoms with Crippen LogP contribution in [0.4, 0.5) is 5.69 Å². The number of fused-ring (bicyclic) bond motifs is 4. The summed E-state index contributed by atoms with van der Waals surface area (Å²) in [5, 5.41) is 11.4. The highest BCUT2D eigenvalue weighted by Gasteiger charge is 2.37. The van der Waals surface area contributed by atoms with E-state index >= 15 is 0 Å². The van der Waals surface area contributed by atoms with Crippen molar-refractivity contribution < 1.29 is 14.3 Å². The Kier molecular flexibility index (Phi) is 7.04. The van der Waals surface area contributed by atoms with E-state index in [0.29, 0.717) is 34.8 Å². The molecule has 3 aromatic carbocycles. The lowest BCUT2D eigenvalue weighted by molar-refractivity contribution is -0.118. The molecule has 0 N–H and O–H groups in total. The number of anilines is 1. The van der Waals surface area contributed by atoms with E-state index in [1.165, 1.54) is 11.8 Å². The van der Waals surface area contributed by atoms with Gasteiger partial charge in [0.15, 0.2) is 5.69 Å². The van der Waals surface area contributed by atoms with Gasteiger partial charge in [0.05, 0.1) is 17.9 Å². The maximum atomic E-state index is 13.3. The van der Waals surface area contributed by atoms with Crippen LogP contribution in [0.1, 0.15) is 45.4 Å². The van der Waals surface area contributed by atoms with Gasteiger partial charge in [0.25, 0.3) is 0 Å². The summed E-state index contributed by atoms with van der Waals surface area (Å²) in [7, 11) is 0. The molecule has 184 valence electrons. The fraction of sp³-hybridized carbons (Fsp3) is 0.286. The van der Waals surface area contributed by atoms with Crippen LogP contribution in [0.2, 0.25) is 0 Å². The summed E-state index contributed by atoms with van der Waals surface area (Å²) in [4.78, 5) is 19.7. The number of amides is 1. The third-order valence-electron chi connectivity index (χ3n) is 5.93. The molecule has 1 amide bonds. The van der Waals surface area contributed by atoms with Crippen molar-refractivity contribution in [2.24, 2.45) is 0 Å². The molecule has 1 aromatic heterocycles. The Labute approximate surface area is 214 Å². The lowest BCUT2D eigenvalue weighted by Gasteiger charge is -2.31. The molecule has 7 nitrogen and oxygen atoms in total. The van der Waals surface area contributed by atoms with E-state index in [1.54, 1.807) is 11.8 Å².